The van der Waals surface area contributed by atoms with E-state index in [-0.39, 0.29) is 52.4 Å². The second-order valence-corrected chi connectivity index (χ2v) is 9.72. The van der Waals surface area contributed by atoms with Crippen molar-refractivity contribution in [2.45, 2.75) is 51.1 Å². The van der Waals surface area contributed by atoms with Gasteiger partial charge in [-0.25, -0.2) is 0 Å². The number of benzene rings is 1. The number of fused-ring (bicyclic) bond motifs is 1. The number of nitrogens with one attached hydrogen (secondary N) is 2. The van der Waals surface area contributed by atoms with Crippen LogP contribution in [0.3, 0.4) is 0 Å². The summed E-state index contributed by atoms with van der Waals surface area (Å²) in [4.78, 5) is 38.8. The van der Waals surface area contributed by atoms with E-state index in [4.69, 9.17) is 4.74 Å². The van der Waals surface area contributed by atoms with E-state index in [2.05, 4.69) is 10.6 Å². The number of carbonyl (C=O) groups excluding carboxylic acids is 2. The topological polar surface area (TPSA) is 108 Å². The van der Waals surface area contributed by atoms with Crippen molar-refractivity contribution in [3.63, 3.8) is 0 Å². The molecule has 8 nitrogen and oxygen atoms in total. The second-order valence-electron chi connectivity index (χ2n) is 8.57. The Balaban J connectivity index is 0.00000306. The van der Waals surface area contributed by atoms with E-state index in [1.165, 1.54) is 17.7 Å². The van der Waals surface area contributed by atoms with Crippen LogP contribution in [0.2, 0.25) is 0 Å². The molecule has 0 bridgehead atoms. The molecule has 3 N–H and O–H groups in total. The number of para-hydroxylation sites is 1. The molecule has 1 aromatic carbocycles. The maximum absolute atomic E-state index is 13.3. The zero-order chi connectivity index (χ0) is 23.6. The van der Waals surface area contributed by atoms with Gasteiger partial charge in [0.15, 0.2) is 0 Å². The third-order valence-corrected chi connectivity index (χ3v) is 7.32. The summed E-state index contributed by atoms with van der Waals surface area (Å²) in [6.07, 6.45) is 4.61. The van der Waals surface area contributed by atoms with Crippen molar-refractivity contribution in [2.75, 3.05) is 42.6 Å². The first-order valence-electron chi connectivity index (χ1n) is 11.8. The van der Waals surface area contributed by atoms with Gasteiger partial charge in [-0.15, -0.1) is 34.0 Å². The number of thioether (sulfide) groups is 1. The number of aliphatic carboxylic acids is 1. The number of carbonyl (C=O) groups is 3. The van der Waals surface area contributed by atoms with Crippen LogP contribution in [0.25, 0.3) is 0 Å². The summed E-state index contributed by atoms with van der Waals surface area (Å²) in [5.74, 6) is 0.424. The minimum atomic E-state index is -1.07. The lowest BCUT2D eigenvalue weighted by Gasteiger charge is -2.27. The number of carboxylic acid groups (broad SMARTS) is 1. The lowest BCUT2D eigenvalue weighted by atomic mass is 9.96. The van der Waals surface area contributed by atoms with Crippen LogP contribution >= 0.6 is 45.7 Å². The zero-order valence-corrected chi connectivity index (χ0v) is 24.3. The average Bonchev–Trinajstić information content (AvgIpc) is 2.93. The number of ether oxygens (including phenoxy) is 1. The highest BCUT2D eigenvalue weighted by molar-refractivity contribution is 8.93. The molecule has 3 rings (SSSR count). The van der Waals surface area contributed by atoms with Crippen LogP contribution in [-0.4, -0.2) is 72.8 Å². The number of piperidine rings is 1. The fourth-order valence-electron chi connectivity index (χ4n) is 4.46. The lowest BCUT2D eigenvalue weighted by molar-refractivity contribution is -0.145. The standard InChI is InChI=1S/C24H35N3O5S.2BrH/c1-2-32-24(31)20(16-33-14-11-17-9-12-25-13-10-17)26-19-8-7-18-5-3-4-6-21(18)27(23(19)30)15-22(28)29;;/h3-6,17,19-20,25-26H,2,7-16H2,1H3,(H,28,29);2*1H. The van der Waals surface area contributed by atoms with Gasteiger partial charge in [0.1, 0.15) is 12.6 Å². The minimum absolute atomic E-state index is 0. The number of hydrogen-bond donors (Lipinski definition) is 3. The quantitative estimate of drug-likeness (QED) is 0.251. The first-order chi connectivity index (χ1) is 16.0. The van der Waals surface area contributed by atoms with Gasteiger partial charge in [0.05, 0.1) is 12.6 Å². The Labute approximate surface area is 232 Å². The summed E-state index contributed by atoms with van der Waals surface area (Å²) in [6, 6.07) is 6.10. The number of esters is 1. The molecule has 0 aliphatic carbocycles. The molecule has 0 radical (unpaired) electrons. The summed E-state index contributed by atoms with van der Waals surface area (Å²) in [5.41, 5.74) is 1.55. The van der Waals surface area contributed by atoms with Crippen molar-refractivity contribution in [1.82, 2.24) is 10.6 Å². The molecule has 35 heavy (non-hydrogen) atoms. The first kappa shape index (κ1) is 31.9. The normalized spacial score (nSPS) is 18.9. The third kappa shape index (κ3) is 9.68. The summed E-state index contributed by atoms with van der Waals surface area (Å²) in [6.45, 7) is 3.76. The van der Waals surface area contributed by atoms with E-state index in [0.29, 0.717) is 24.3 Å². The van der Waals surface area contributed by atoms with Gasteiger partial charge in [0, 0.05) is 11.4 Å². The summed E-state index contributed by atoms with van der Waals surface area (Å²) >= 11 is 1.70. The van der Waals surface area contributed by atoms with Crippen LogP contribution in [0.4, 0.5) is 5.69 Å². The summed E-state index contributed by atoms with van der Waals surface area (Å²) in [7, 11) is 0. The molecular weight excluding hydrogens is 602 g/mol. The molecule has 0 spiro atoms. The smallest absolute Gasteiger partial charge is 0.324 e. The molecule has 2 unspecified atom stereocenters. The largest absolute Gasteiger partial charge is 0.480 e. The van der Waals surface area contributed by atoms with Gasteiger partial charge >= 0.3 is 11.9 Å². The highest BCUT2D eigenvalue weighted by Crippen LogP contribution is 2.27. The number of aryl methyl sites for hydroxylation is 1. The van der Waals surface area contributed by atoms with Crippen molar-refractivity contribution in [1.29, 1.82) is 0 Å². The molecule has 0 aromatic heterocycles. The molecule has 2 aliphatic heterocycles. The zero-order valence-electron chi connectivity index (χ0n) is 20.1. The lowest BCUT2D eigenvalue weighted by Crippen LogP contribution is -2.53. The van der Waals surface area contributed by atoms with Crippen molar-refractivity contribution < 1.29 is 24.2 Å². The number of halogens is 2. The maximum Gasteiger partial charge on any atom is 0.324 e. The Morgan fingerprint density at radius 1 is 1.23 bits per heavy atom. The van der Waals surface area contributed by atoms with Crippen LogP contribution in [-0.2, 0) is 25.5 Å². The van der Waals surface area contributed by atoms with Gasteiger partial charge in [-0.05, 0) is 75.4 Å². The monoisotopic (exact) mass is 637 g/mol. The van der Waals surface area contributed by atoms with E-state index in [1.54, 1.807) is 30.8 Å². The van der Waals surface area contributed by atoms with Crippen LogP contribution in [0, 0.1) is 5.92 Å². The molecular formula is C24H37Br2N3O5S. The van der Waals surface area contributed by atoms with Crippen LogP contribution in [0.15, 0.2) is 24.3 Å². The molecule has 1 aromatic rings. The second kappa shape index (κ2) is 16.6. The Morgan fingerprint density at radius 3 is 2.63 bits per heavy atom. The number of hydrogen-bond acceptors (Lipinski definition) is 7. The van der Waals surface area contributed by atoms with Gasteiger partial charge in [-0.1, -0.05) is 18.2 Å². The number of carboxylic acids is 1. The van der Waals surface area contributed by atoms with E-state index < -0.39 is 24.6 Å². The van der Waals surface area contributed by atoms with Crippen molar-refractivity contribution in [3.8, 4) is 0 Å². The van der Waals surface area contributed by atoms with Gasteiger partial charge < -0.3 is 15.2 Å². The highest BCUT2D eigenvalue weighted by Gasteiger charge is 2.34. The number of amides is 1. The van der Waals surface area contributed by atoms with E-state index in [1.807, 2.05) is 12.1 Å². The summed E-state index contributed by atoms with van der Waals surface area (Å²) < 4.78 is 5.27. The SMILES string of the molecule is Br.Br.CCOC(=O)C(CSCCC1CCNCC1)NC1CCc2ccccc2N(CC(=O)O)C1=O. The van der Waals surface area contributed by atoms with E-state index in [9.17, 15) is 19.5 Å². The van der Waals surface area contributed by atoms with Crippen LogP contribution in [0.5, 0.6) is 0 Å². The van der Waals surface area contributed by atoms with Gasteiger partial charge in [0.25, 0.3) is 0 Å². The van der Waals surface area contributed by atoms with Gasteiger partial charge in [-0.3, -0.25) is 24.6 Å². The first-order valence-corrected chi connectivity index (χ1v) is 13.0. The Hall–Kier alpha value is -1.14. The van der Waals surface area contributed by atoms with Crippen LogP contribution < -0.4 is 15.5 Å². The molecule has 0 saturated carbocycles. The Morgan fingerprint density at radius 2 is 1.94 bits per heavy atom. The molecule has 2 heterocycles. The van der Waals surface area contributed by atoms with Crippen LogP contribution in [0.1, 0.15) is 38.2 Å². The third-order valence-electron chi connectivity index (χ3n) is 6.23. The van der Waals surface area contributed by atoms with Crippen molar-refractivity contribution in [2.24, 2.45) is 5.92 Å². The van der Waals surface area contributed by atoms with Gasteiger partial charge in [-0.2, -0.15) is 11.8 Å². The van der Waals surface area contributed by atoms with E-state index >= 15 is 0 Å². The molecule has 1 saturated heterocycles. The number of nitrogens with zero attached hydrogens (tertiary/aromatic N) is 1. The molecule has 2 aliphatic rings. The number of anilines is 1. The highest BCUT2D eigenvalue weighted by atomic mass is 79.9. The molecule has 11 heteroatoms. The van der Waals surface area contributed by atoms with E-state index in [0.717, 1.165) is 36.7 Å². The fourth-order valence-corrected chi connectivity index (χ4v) is 5.59. The van der Waals surface area contributed by atoms with Crippen molar-refractivity contribution in [3.05, 3.63) is 29.8 Å². The molecule has 2 atom stereocenters. The predicted molar refractivity (Wildman–Crippen MR) is 150 cm³/mol. The maximum atomic E-state index is 13.3. The van der Waals surface area contributed by atoms with Crippen molar-refractivity contribution >= 4 is 69.3 Å². The Kier molecular flexibility index (Phi) is 15.1. The number of rotatable bonds is 11. The summed E-state index contributed by atoms with van der Waals surface area (Å²) in [5, 5.41) is 16.0. The molecule has 1 fully saturated rings. The molecule has 1 amide bonds. The minimum Gasteiger partial charge on any atom is -0.480 e. The fraction of sp³-hybridized carbons (Fsp3) is 0.625. The predicted octanol–water partition coefficient (Wildman–Crippen LogP) is 3.22. The van der Waals surface area contributed by atoms with Gasteiger partial charge in [0.2, 0.25) is 5.91 Å². The average molecular weight is 639 g/mol. The molecule has 198 valence electrons. The Bertz CT molecular complexity index is 826.